The van der Waals surface area contributed by atoms with Crippen molar-refractivity contribution in [1.29, 1.82) is 0 Å². The zero-order valence-corrected chi connectivity index (χ0v) is 16.5. The van der Waals surface area contributed by atoms with Gasteiger partial charge >= 0.3 is 12.1 Å². The average molecular weight is 438 g/mol. The number of nitrogens with zero attached hydrogens (tertiary/aromatic N) is 3. The third kappa shape index (κ3) is 4.61. The van der Waals surface area contributed by atoms with Crippen LogP contribution in [0.4, 0.5) is 19.0 Å². The van der Waals surface area contributed by atoms with Crippen molar-refractivity contribution in [2.45, 2.75) is 12.7 Å². The van der Waals surface area contributed by atoms with Gasteiger partial charge in [0.1, 0.15) is 5.82 Å². The monoisotopic (exact) mass is 438 g/mol. The highest BCUT2D eigenvalue weighted by Gasteiger charge is 2.30. The standard InChI is InChI=1S/C23H17F3N4O2/c24-23(25,26)18-8-9-21(27-12-18)29-28-11-17-14-30(20-7-2-1-6-19(17)20)13-15-4-3-5-16(10-15)22(31)32/h1-12,14H,13H2,(H,27,29)(H,31,32)/b28-11-. The number of benzene rings is 2. The van der Waals surface area contributed by atoms with Crippen LogP contribution in [0.25, 0.3) is 10.9 Å². The molecule has 0 aliphatic carbocycles. The number of aromatic nitrogens is 2. The Morgan fingerprint density at radius 2 is 1.94 bits per heavy atom. The number of halogens is 3. The van der Waals surface area contributed by atoms with Crippen LogP contribution in [0.5, 0.6) is 0 Å². The number of para-hydroxylation sites is 1. The molecule has 4 aromatic rings. The SMILES string of the molecule is O=C(O)c1cccc(Cn2cc(/C=N\Nc3ccc(C(F)(F)F)cn3)c3ccccc32)c1. The largest absolute Gasteiger partial charge is 0.478 e. The molecule has 2 N–H and O–H groups in total. The Morgan fingerprint density at radius 1 is 1.12 bits per heavy atom. The van der Waals surface area contributed by atoms with Gasteiger partial charge in [0.25, 0.3) is 0 Å². The number of pyridine rings is 1. The number of hydrazone groups is 1. The van der Waals surface area contributed by atoms with E-state index in [1.807, 2.05) is 41.1 Å². The first-order chi connectivity index (χ1) is 15.3. The second-order valence-electron chi connectivity index (χ2n) is 7.03. The summed E-state index contributed by atoms with van der Waals surface area (Å²) in [6, 6.07) is 16.5. The molecule has 32 heavy (non-hydrogen) atoms. The van der Waals surface area contributed by atoms with E-state index < -0.39 is 17.7 Å². The molecule has 0 saturated heterocycles. The maximum Gasteiger partial charge on any atom is 0.417 e. The predicted octanol–water partition coefficient (Wildman–Crippen LogP) is 5.25. The molecular formula is C23H17F3N4O2. The maximum atomic E-state index is 12.6. The van der Waals surface area contributed by atoms with Crippen LogP contribution in [-0.2, 0) is 12.7 Å². The van der Waals surface area contributed by atoms with E-state index in [4.69, 9.17) is 0 Å². The maximum absolute atomic E-state index is 12.6. The van der Waals surface area contributed by atoms with Crippen LogP contribution in [0.3, 0.4) is 0 Å². The molecule has 0 spiro atoms. The van der Waals surface area contributed by atoms with Crippen LogP contribution in [0.2, 0.25) is 0 Å². The molecule has 9 heteroatoms. The molecule has 6 nitrogen and oxygen atoms in total. The summed E-state index contributed by atoms with van der Waals surface area (Å²) in [4.78, 5) is 15.0. The van der Waals surface area contributed by atoms with Gasteiger partial charge in [-0.3, -0.25) is 5.43 Å². The third-order valence-corrected chi connectivity index (χ3v) is 4.82. The molecule has 0 fully saturated rings. The highest BCUT2D eigenvalue weighted by atomic mass is 19.4. The van der Waals surface area contributed by atoms with E-state index in [1.54, 1.807) is 24.4 Å². The Morgan fingerprint density at radius 3 is 2.66 bits per heavy atom. The van der Waals surface area contributed by atoms with Gasteiger partial charge in [-0.15, -0.1) is 0 Å². The number of hydrogen-bond acceptors (Lipinski definition) is 4. The molecule has 0 amide bonds. The molecule has 0 aliphatic rings. The third-order valence-electron chi connectivity index (χ3n) is 4.82. The minimum Gasteiger partial charge on any atom is -0.478 e. The second kappa shape index (κ2) is 8.54. The number of aromatic carboxylic acids is 1. The lowest BCUT2D eigenvalue weighted by Crippen LogP contribution is -2.05. The van der Waals surface area contributed by atoms with Gasteiger partial charge < -0.3 is 9.67 Å². The molecule has 0 atom stereocenters. The van der Waals surface area contributed by atoms with E-state index in [1.165, 1.54) is 6.07 Å². The highest BCUT2D eigenvalue weighted by molar-refractivity contribution is 5.99. The van der Waals surface area contributed by atoms with Crippen LogP contribution in [0.1, 0.15) is 27.0 Å². The van der Waals surface area contributed by atoms with Gasteiger partial charge in [0.15, 0.2) is 0 Å². The minimum atomic E-state index is -4.44. The Kier molecular flexibility index (Phi) is 5.63. The van der Waals surface area contributed by atoms with Crippen LogP contribution in [-0.4, -0.2) is 26.8 Å². The van der Waals surface area contributed by atoms with Gasteiger partial charge in [-0.25, -0.2) is 9.78 Å². The van der Waals surface area contributed by atoms with E-state index in [-0.39, 0.29) is 11.4 Å². The smallest absolute Gasteiger partial charge is 0.417 e. The number of carbonyl (C=O) groups is 1. The number of rotatable bonds is 6. The molecule has 4 rings (SSSR count). The first kappa shape index (κ1) is 21.1. The summed E-state index contributed by atoms with van der Waals surface area (Å²) >= 11 is 0. The number of carboxylic acid groups (broad SMARTS) is 1. The van der Waals surface area contributed by atoms with E-state index in [0.717, 1.165) is 34.3 Å². The van der Waals surface area contributed by atoms with Crippen LogP contribution >= 0.6 is 0 Å². The molecular weight excluding hydrogens is 421 g/mol. The highest BCUT2D eigenvalue weighted by Crippen LogP contribution is 2.29. The molecule has 2 heterocycles. The van der Waals surface area contributed by atoms with E-state index in [0.29, 0.717) is 6.54 Å². The van der Waals surface area contributed by atoms with Crippen molar-refractivity contribution in [2.75, 3.05) is 5.43 Å². The van der Waals surface area contributed by atoms with Gasteiger partial charge in [-0.05, 0) is 35.9 Å². The average Bonchev–Trinajstić information content (AvgIpc) is 3.11. The zero-order chi connectivity index (χ0) is 22.7. The summed E-state index contributed by atoms with van der Waals surface area (Å²) in [7, 11) is 0. The lowest BCUT2D eigenvalue weighted by Gasteiger charge is -2.06. The first-order valence-electron chi connectivity index (χ1n) is 9.54. The van der Waals surface area contributed by atoms with Crippen molar-refractivity contribution >= 4 is 28.9 Å². The Balaban J connectivity index is 1.56. The van der Waals surface area contributed by atoms with E-state index in [9.17, 15) is 23.1 Å². The van der Waals surface area contributed by atoms with E-state index in [2.05, 4.69) is 15.5 Å². The topological polar surface area (TPSA) is 79.5 Å². The summed E-state index contributed by atoms with van der Waals surface area (Å²) in [5.74, 6) is -0.802. The zero-order valence-electron chi connectivity index (χ0n) is 16.5. The summed E-state index contributed by atoms with van der Waals surface area (Å²) in [6.07, 6.45) is -0.259. The molecule has 0 saturated carbocycles. The number of fused-ring (bicyclic) bond motifs is 1. The van der Waals surface area contributed by atoms with Crippen LogP contribution in [0.15, 0.2) is 78.2 Å². The summed E-state index contributed by atoms with van der Waals surface area (Å²) in [6.45, 7) is 0.462. The van der Waals surface area contributed by atoms with Gasteiger partial charge in [-0.2, -0.15) is 18.3 Å². The fourth-order valence-corrected chi connectivity index (χ4v) is 3.30. The number of hydrogen-bond donors (Lipinski definition) is 2. The Labute approximate surface area is 180 Å². The van der Waals surface area contributed by atoms with Crippen molar-refractivity contribution in [3.63, 3.8) is 0 Å². The fraction of sp³-hybridized carbons (Fsp3) is 0.0870. The van der Waals surface area contributed by atoms with Crippen molar-refractivity contribution in [2.24, 2.45) is 5.10 Å². The van der Waals surface area contributed by atoms with Crippen molar-refractivity contribution in [3.05, 3.63) is 95.3 Å². The first-order valence-corrected chi connectivity index (χ1v) is 9.54. The fourth-order valence-electron chi connectivity index (χ4n) is 3.30. The van der Waals surface area contributed by atoms with Crippen molar-refractivity contribution in [3.8, 4) is 0 Å². The van der Waals surface area contributed by atoms with Gasteiger partial charge in [0.05, 0.1) is 17.3 Å². The summed E-state index contributed by atoms with van der Waals surface area (Å²) in [5.41, 5.74) is 4.57. The van der Waals surface area contributed by atoms with Gasteiger partial charge in [0.2, 0.25) is 0 Å². The molecule has 0 radical (unpaired) electrons. The second-order valence-corrected chi connectivity index (χ2v) is 7.03. The van der Waals surface area contributed by atoms with Crippen molar-refractivity contribution in [1.82, 2.24) is 9.55 Å². The lowest BCUT2D eigenvalue weighted by atomic mass is 10.1. The molecule has 0 bridgehead atoms. The van der Waals surface area contributed by atoms with Gasteiger partial charge in [0, 0.05) is 35.4 Å². The molecule has 0 unspecified atom stereocenters. The van der Waals surface area contributed by atoms with E-state index >= 15 is 0 Å². The van der Waals surface area contributed by atoms with Gasteiger partial charge in [-0.1, -0.05) is 30.3 Å². The van der Waals surface area contributed by atoms with Crippen LogP contribution < -0.4 is 5.43 Å². The number of alkyl halides is 3. The number of carboxylic acids is 1. The predicted molar refractivity (Wildman–Crippen MR) is 115 cm³/mol. The quantitative estimate of drug-likeness (QED) is 0.318. The van der Waals surface area contributed by atoms with Crippen molar-refractivity contribution < 1.29 is 23.1 Å². The molecule has 162 valence electrons. The molecule has 2 aromatic heterocycles. The Hall–Kier alpha value is -4.14. The summed E-state index contributed by atoms with van der Waals surface area (Å²) < 4.78 is 39.9. The number of anilines is 1. The van der Waals surface area contributed by atoms with Crippen LogP contribution in [0, 0.1) is 0 Å². The molecule has 0 aliphatic heterocycles. The summed E-state index contributed by atoms with van der Waals surface area (Å²) in [5, 5.41) is 14.2. The minimum absolute atomic E-state index is 0.184. The molecule has 2 aromatic carbocycles. The Bertz CT molecular complexity index is 1290. The normalized spacial score (nSPS) is 11.8. The lowest BCUT2D eigenvalue weighted by molar-refractivity contribution is -0.137. The number of nitrogens with one attached hydrogen (secondary N) is 1.